The number of non-ortho nitro benzene ring substituents is 1. The highest BCUT2D eigenvalue weighted by Crippen LogP contribution is 2.53. The van der Waals surface area contributed by atoms with E-state index in [1.807, 2.05) is 6.07 Å². The topological polar surface area (TPSA) is 60.2 Å². The molecule has 0 radical (unpaired) electrons. The van der Waals surface area contributed by atoms with E-state index in [-0.39, 0.29) is 11.8 Å². The Morgan fingerprint density at radius 3 is 2.16 bits per heavy atom. The van der Waals surface area contributed by atoms with E-state index < -0.39 is 11.4 Å². The van der Waals surface area contributed by atoms with E-state index in [9.17, 15) is 14.7 Å². The number of nitrogens with zero attached hydrogens (tertiary/aromatic N) is 1. The average Bonchev–Trinajstić information content (AvgIpc) is 2.40. The number of nitro benzene ring substituents is 1. The summed E-state index contributed by atoms with van der Waals surface area (Å²) in [6.45, 7) is -3.00. The molecule has 0 saturated carbocycles. The van der Waals surface area contributed by atoms with Gasteiger partial charge in [0.25, 0.3) is 5.69 Å². The van der Waals surface area contributed by atoms with Crippen molar-refractivity contribution in [2.24, 2.45) is 0 Å². The van der Waals surface area contributed by atoms with Crippen LogP contribution in [0.3, 0.4) is 0 Å². The van der Waals surface area contributed by atoms with Crippen LogP contribution in [0.25, 0.3) is 0 Å². The van der Waals surface area contributed by atoms with E-state index in [2.05, 4.69) is 0 Å². The molecule has 0 bridgehead atoms. The minimum atomic E-state index is -3.00. The predicted molar refractivity (Wildman–Crippen MR) is 76.3 cm³/mol. The maximum Gasteiger partial charge on any atom is 0.269 e. The van der Waals surface area contributed by atoms with Crippen molar-refractivity contribution in [3.8, 4) is 0 Å². The van der Waals surface area contributed by atoms with Crippen LogP contribution >= 0.6 is 17.7 Å². The molecule has 98 valence electrons. The lowest BCUT2D eigenvalue weighted by atomic mass is 10.2. The number of halogens is 1. The first-order valence-corrected chi connectivity index (χ1v) is 8.36. The van der Waals surface area contributed by atoms with Crippen molar-refractivity contribution in [3.05, 3.63) is 70.3 Å². The van der Waals surface area contributed by atoms with Crippen LogP contribution in [0.4, 0.5) is 5.69 Å². The van der Waals surface area contributed by atoms with Crippen LogP contribution in [0, 0.1) is 10.1 Å². The lowest BCUT2D eigenvalue weighted by Gasteiger charge is -2.10. The van der Waals surface area contributed by atoms with Gasteiger partial charge in [-0.3, -0.25) is 10.1 Å². The Balaban J connectivity index is 2.21. The predicted octanol–water partition coefficient (Wildman–Crippen LogP) is 3.94. The third-order valence-electron chi connectivity index (χ3n) is 2.67. The number of rotatable bonds is 4. The molecule has 0 saturated heterocycles. The molecule has 0 aromatic heterocycles. The monoisotopic (exact) mass is 295 g/mol. The van der Waals surface area contributed by atoms with Crippen LogP contribution in [-0.4, -0.2) is 4.92 Å². The molecule has 0 heterocycles. The van der Waals surface area contributed by atoms with Crippen molar-refractivity contribution in [1.82, 2.24) is 0 Å². The van der Waals surface area contributed by atoms with E-state index in [1.165, 1.54) is 12.1 Å². The first-order chi connectivity index (χ1) is 8.99. The smallest absolute Gasteiger partial charge is 0.269 e. The fraction of sp³-hybridized carbons (Fsp3) is 0.0769. The van der Waals surface area contributed by atoms with Gasteiger partial charge in [0.1, 0.15) is 0 Å². The highest BCUT2D eigenvalue weighted by molar-refractivity contribution is 7.94. The highest BCUT2D eigenvalue weighted by Gasteiger charge is 2.21. The molecule has 0 spiro atoms. The van der Waals surface area contributed by atoms with Crippen LogP contribution < -0.4 is 5.30 Å². The lowest BCUT2D eigenvalue weighted by Crippen LogP contribution is -2.01. The Morgan fingerprint density at radius 2 is 1.63 bits per heavy atom. The molecule has 19 heavy (non-hydrogen) atoms. The zero-order valence-corrected chi connectivity index (χ0v) is 11.6. The van der Waals surface area contributed by atoms with E-state index >= 15 is 0 Å². The van der Waals surface area contributed by atoms with Gasteiger partial charge in [-0.05, 0) is 16.8 Å². The van der Waals surface area contributed by atoms with Crippen molar-refractivity contribution in [3.63, 3.8) is 0 Å². The SMILES string of the molecule is O=[N+]([O-])c1ccc(CP(=O)(Cl)c2ccccc2)cc1. The van der Waals surface area contributed by atoms with Crippen LogP contribution in [0.1, 0.15) is 5.56 Å². The first kappa shape index (κ1) is 13.8. The largest absolute Gasteiger partial charge is 0.301 e. The minimum absolute atomic E-state index is 0.00728. The summed E-state index contributed by atoms with van der Waals surface area (Å²) in [6, 6.07) is 14.8. The summed E-state index contributed by atoms with van der Waals surface area (Å²) in [6.07, 6.45) is 0.177. The summed E-state index contributed by atoms with van der Waals surface area (Å²) in [7, 11) is 0. The van der Waals surface area contributed by atoms with Crippen molar-refractivity contribution in [2.45, 2.75) is 6.16 Å². The highest BCUT2D eigenvalue weighted by atomic mass is 35.7. The van der Waals surface area contributed by atoms with Crippen molar-refractivity contribution < 1.29 is 9.49 Å². The van der Waals surface area contributed by atoms with Crippen LogP contribution in [0.5, 0.6) is 0 Å². The standard InChI is InChI=1S/C13H11ClNO3P/c14-19(18,13-4-2-1-3-5-13)10-11-6-8-12(9-7-11)15(16)17/h1-9H,10H2. The van der Waals surface area contributed by atoms with Gasteiger partial charge in [0, 0.05) is 23.6 Å². The second kappa shape index (κ2) is 5.55. The first-order valence-electron chi connectivity index (χ1n) is 5.57. The summed E-state index contributed by atoms with van der Waals surface area (Å²) in [5.41, 5.74) is 0.723. The molecule has 0 fully saturated rings. The summed E-state index contributed by atoms with van der Waals surface area (Å²) in [4.78, 5) is 10.1. The summed E-state index contributed by atoms with van der Waals surface area (Å²) < 4.78 is 12.4. The average molecular weight is 296 g/mol. The van der Waals surface area contributed by atoms with Crippen LogP contribution in [0.15, 0.2) is 54.6 Å². The van der Waals surface area contributed by atoms with Gasteiger partial charge in [-0.15, -0.1) is 0 Å². The molecule has 1 atom stereocenters. The fourth-order valence-corrected chi connectivity index (χ4v) is 3.93. The second-order valence-electron chi connectivity index (χ2n) is 4.07. The number of nitro groups is 1. The zero-order chi connectivity index (χ0) is 13.9. The molecule has 2 aromatic carbocycles. The van der Waals surface area contributed by atoms with Gasteiger partial charge in [-0.1, -0.05) is 42.5 Å². The molecule has 6 heteroatoms. The Morgan fingerprint density at radius 1 is 1.05 bits per heavy atom. The Hall–Kier alpha value is -1.64. The maximum atomic E-state index is 12.4. The number of hydrogen-bond donors (Lipinski definition) is 0. The van der Waals surface area contributed by atoms with Gasteiger partial charge in [-0.2, -0.15) is 0 Å². The molecule has 0 aliphatic rings. The summed E-state index contributed by atoms with van der Waals surface area (Å²) in [5, 5.41) is 11.1. The zero-order valence-electron chi connectivity index (χ0n) is 9.90. The lowest BCUT2D eigenvalue weighted by molar-refractivity contribution is -0.384. The van der Waals surface area contributed by atoms with Gasteiger partial charge < -0.3 is 4.57 Å². The Labute approximate surface area is 115 Å². The van der Waals surface area contributed by atoms with E-state index in [0.29, 0.717) is 10.9 Å². The Kier molecular flexibility index (Phi) is 4.03. The molecule has 0 amide bonds. The third kappa shape index (κ3) is 3.43. The van der Waals surface area contributed by atoms with Gasteiger partial charge >= 0.3 is 0 Å². The minimum Gasteiger partial charge on any atom is -0.301 e. The van der Waals surface area contributed by atoms with Crippen LogP contribution in [0.2, 0.25) is 0 Å². The van der Waals surface area contributed by atoms with Crippen LogP contribution in [-0.2, 0) is 10.7 Å². The molecule has 2 rings (SSSR count). The molecule has 0 aliphatic heterocycles. The van der Waals surface area contributed by atoms with E-state index in [0.717, 1.165) is 0 Å². The van der Waals surface area contributed by atoms with Crippen molar-refractivity contribution >= 4 is 28.7 Å². The molecule has 1 unspecified atom stereocenters. The molecule has 0 N–H and O–H groups in total. The van der Waals surface area contributed by atoms with Gasteiger partial charge in [-0.25, -0.2) is 0 Å². The van der Waals surface area contributed by atoms with E-state index in [1.54, 1.807) is 36.4 Å². The normalized spacial score (nSPS) is 13.7. The molecular formula is C13H11ClNO3P. The van der Waals surface area contributed by atoms with Gasteiger partial charge in [0.15, 0.2) is 0 Å². The molecular weight excluding hydrogens is 285 g/mol. The molecule has 0 aliphatic carbocycles. The summed E-state index contributed by atoms with van der Waals surface area (Å²) >= 11 is 6.12. The maximum absolute atomic E-state index is 12.4. The number of benzene rings is 2. The fourth-order valence-electron chi connectivity index (χ4n) is 1.70. The third-order valence-corrected chi connectivity index (χ3v) is 5.46. The molecule has 2 aromatic rings. The Bertz CT molecular complexity index is 628. The van der Waals surface area contributed by atoms with Crippen molar-refractivity contribution in [1.29, 1.82) is 0 Å². The van der Waals surface area contributed by atoms with Gasteiger partial charge in [0.05, 0.1) is 4.92 Å². The quantitative estimate of drug-likeness (QED) is 0.487. The summed E-state index contributed by atoms with van der Waals surface area (Å²) in [5.74, 6) is 0. The van der Waals surface area contributed by atoms with Gasteiger partial charge in [0.2, 0.25) is 6.49 Å². The number of hydrogen-bond acceptors (Lipinski definition) is 3. The molecule has 4 nitrogen and oxygen atoms in total. The second-order valence-corrected chi connectivity index (χ2v) is 7.84. The van der Waals surface area contributed by atoms with Crippen molar-refractivity contribution in [2.75, 3.05) is 0 Å². The van der Waals surface area contributed by atoms with E-state index in [4.69, 9.17) is 11.2 Å².